The van der Waals surface area contributed by atoms with Crippen molar-refractivity contribution in [2.45, 2.75) is 20.3 Å². The molecule has 3 nitrogen and oxygen atoms in total. The smallest absolute Gasteiger partial charge is 0.262 e. The summed E-state index contributed by atoms with van der Waals surface area (Å²) in [5.74, 6) is 0.758. The van der Waals surface area contributed by atoms with Gasteiger partial charge in [-0.3, -0.25) is 9.69 Å². The molecule has 0 saturated heterocycles. The Morgan fingerprint density at radius 2 is 1.71 bits per heavy atom. The molecule has 0 fully saturated rings. The molecule has 1 aliphatic rings. The Balaban J connectivity index is 1.75. The first kappa shape index (κ1) is 21.1. The summed E-state index contributed by atoms with van der Waals surface area (Å²) in [6, 6.07) is 24.1. The minimum Gasteiger partial charge on any atom is -0.493 e. The standard InChI is InChI=1S/C27H24BrNO2/c1-3-19-10-13-23(14-11-19)29-25(21-8-6-5-7-9-21)18-22(27(29)30)16-20-12-15-26(31-4-2)24(28)17-20/h5-18H,3-4H2,1-2H3/b22-16+. The summed E-state index contributed by atoms with van der Waals surface area (Å²) in [5, 5.41) is 0. The number of benzene rings is 3. The fourth-order valence-electron chi connectivity index (χ4n) is 3.63. The average Bonchev–Trinajstić information content (AvgIpc) is 3.12. The molecule has 4 rings (SSSR count). The van der Waals surface area contributed by atoms with Gasteiger partial charge in [0.1, 0.15) is 5.75 Å². The first-order chi connectivity index (χ1) is 15.1. The lowest BCUT2D eigenvalue weighted by Gasteiger charge is -2.21. The van der Waals surface area contributed by atoms with Crippen LogP contribution in [0.25, 0.3) is 11.8 Å². The largest absolute Gasteiger partial charge is 0.493 e. The average molecular weight is 474 g/mol. The van der Waals surface area contributed by atoms with Gasteiger partial charge in [0.25, 0.3) is 5.91 Å². The summed E-state index contributed by atoms with van der Waals surface area (Å²) in [6.07, 6.45) is 4.86. The van der Waals surface area contributed by atoms with Gasteiger partial charge in [-0.25, -0.2) is 0 Å². The van der Waals surface area contributed by atoms with Crippen LogP contribution in [0.2, 0.25) is 0 Å². The van der Waals surface area contributed by atoms with E-state index in [-0.39, 0.29) is 5.91 Å². The Morgan fingerprint density at radius 3 is 2.35 bits per heavy atom. The zero-order valence-corrected chi connectivity index (χ0v) is 19.2. The summed E-state index contributed by atoms with van der Waals surface area (Å²) in [6.45, 7) is 4.69. The number of ether oxygens (including phenoxy) is 1. The predicted octanol–water partition coefficient (Wildman–Crippen LogP) is 6.88. The van der Waals surface area contributed by atoms with Crippen molar-refractivity contribution in [1.82, 2.24) is 0 Å². The SMILES string of the molecule is CCOc1ccc(/C=C2\C=C(c3ccccc3)N(c3ccc(CC)cc3)C2=O)cc1Br. The maximum absolute atomic E-state index is 13.5. The highest BCUT2D eigenvalue weighted by Gasteiger charge is 2.30. The normalized spacial score (nSPS) is 14.8. The summed E-state index contributed by atoms with van der Waals surface area (Å²) in [4.78, 5) is 15.3. The van der Waals surface area contributed by atoms with Crippen LogP contribution in [0.3, 0.4) is 0 Å². The summed E-state index contributed by atoms with van der Waals surface area (Å²) in [5.41, 5.74) is 5.59. The topological polar surface area (TPSA) is 29.5 Å². The Bertz CT molecular complexity index is 1150. The number of anilines is 1. The van der Waals surface area contributed by atoms with E-state index >= 15 is 0 Å². The quantitative estimate of drug-likeness (QED) is 0.365. The van der Waals surface area contributed by atoms with Gasteiger partial charge in [0.15, 0.2) is 0 Å². The fraction of sp³-hybridized carbons (Fsp3) is 0.148. The zero-order valence-electron chi connectivity index (χ0n) is 17.6. The molecule has 3 aromatic carbocycles. The first-order valence-corrected chi connectivity index (χ1v) is 11.2. The maximum atomic E-state index is 13.5. The Hall–Kier alpha value is -3.11. The molecule has 0 radical (unpaired) electrons. The highest BCUT2D eigenvalue weighted by atomic mass is 79.9. The highest BCUT2D eigenvalue weighted by molar-refractivity contribution is 9.10. The van der Waals surface area contributed by atoms with Crippen molar-refractivity contribution in [3.05, 3.63) is 106 Å². The Kier molecular flexibility index (Phi) is 6.38. The molecule has 1 amide bonds. The predicted molar refractivity (Wildman–Crippen MR) is 131 cm³/mol. The van der Waals surface area contributed by atoms with Gasteiger partial charge in [0.2, 0.25) is 0 Å². The Morgan fingerprint density at radius 1 is 0.968 bits per heavy atom. The monoisotopic (exact) mass is 473 g/mol. The van der Waals surface area contributed by atoms with Crippen LogP contribution in [0.1, 0.15) is 30.5 Å². The number of aryl methyl sites for hydroxylation is 1. The second-order valence-corrected chi connectivity index (χ2v) is 8.13. The lowest BCUT2D eigenvalue weighted by molar-refractivity contribution is -0.113. The van der Waals surface area contributed by atoms with Gasteiger partial charge < -0.3 is 4.74 Å². The van der Waals surface area contributed by atoms with E-state index in [4.69, 9.17) is 4.74 Å². The van der Waals surface area contributed by atoms with Crippen LogP contribution in [-0.4, -0.2) is 12.5 Å². The zero-order chi connectivity index (χ0) is 21.8. The lowest BCUT2D eigenvalue weighted by Crippen LogP contribution is -2.24. The van der Waals surface area contributed by atoms with Crippen LogP contribution in [0.4, 0.5) is 5.69 Å². The van der Waals surface area contributed by atoms with E-state index in [1.165, 1.54) is 5.56 Å². The van der Waals surface area contributed by atoms with E-state index in [2.05, 4.69) is 35.0 Å². The molecule has 1 aliphatic heterocycles. The molecule has 0 atom stereocenters. The molecular weight excluding hydrogens is 450 g/mol. The number of rotatable bonds is 6. The summed E-state index contributed by atoms with van der Waals surface area (Å²) in [7, 11) is 0. The van der Waals surface area contributed by atoms with Gasteiger partial charge in [0.05, 0.1) is 16.8 Å². The van der Waals surface area contributed by atoms with Gasteiger partial charge >= 0.3 is 0 Å². The molecule has 0 unspecified atom stereocenters. The van der Waals surface area contributed by atoms with Crippen molar-refractivity contribution in [2.24, 2.45) is 0 Å². The Labute approximate surface area is 191 Å². The molecule has 0 aromatic heterocycles. The van der Waals surface area contributed by atoms with E-state index < -0.39 is 0 Å². The molecule has 4 heteroatoms. The van der Waals surface area contributed by atoms with E-state index in [1.54, 1.807) is 4.90 Å². The number of carbonyl (C=O) groups excluding carboxylic acids is 1. The van der Waals surface area contributed by atoms with E-state index in [1.807, 2.05) is 79.7 Å². The molecule has 31 heavy (non-hydrogen) atoms. The molecule has 0 N–H and O–H groups in total. The molecule has 0 saturated carbocycles. The van der Waals surface area contributed by atoms with Crippen LogP contribution in [0, 0.1) is 0 Å². The number of nitrogens with zero attached hydrogens (tertiary/aromatic N) is 1. The molecule has 0 bridgehead atoms. The molecular formula is C27H24BrNO2. The summed E-state index contributed by atoms with van der Waals surface area (Å²) >= 11 is 3.56. The fourth-order valence-corrected chi connectivity index (χ4v) is 4.14. The molecule has 0 aliphatic carbocycles. The van der Waals surface area contributed by atoms with Gasteiger partial charge in [0, 0.05) is 11.3 Å². The van der Waals surface area contributed by atoms with Crippen molar-refractivity contribution in [1.29, 1.82) is 0 Å². The van der Waals surface area contributed by atoms with Crippen LogP contribution >= 0.6 is 15.9 Å². The van der Waals surface area contributed by atoms with Gasteiger partial charge in [-0.05, 0) is 82.4 Å². The minimum absolute atomic E-state index is 0.0342. The molecule has 156 valence electrons. The van der Waals surface area contributed by atoms with E-state index in [0.29, 0.717) is 12.2 Å². The second kappa shape index (κ2) is 9.36. The molecule has 3 aromatic rings. The van der Waals surface area contributed by atoms with Gasteiger partial charge in [-0.2, -0.15) is 0 Å². The second-order valence-electron chi connectivity index (χ2n) is 7.28. The molecule has 0 spiro atoms. The lowest BCUT2D eigenvalue weighted by atomic mass is 10.1. The summed E-state index contributed by atoms with van der Waals surface area (Å²) < 4.78 is 6.47. The number of halogens is 1. The third-order valence-electron chi connectivity index (χ3n) is 5.23. The van der Waals surface area contributed by atoms with Gasteiger partial charge in [-0.15, -0.1) is 0 Å². The maximum Gasteiger partial charge on any atom is 0.262 e. The van der Waals surface area contributed by atoms with Crippen molar-refractivity contribution >= 4 is 39.3 Å². The van der Waals surface area contributed by atoms with Crippen molar-refractivity contribution in [3.8, 4) is 5.75 Å². The number of hydrogen-bond donors (Lipinski definition) is 0. The van der Waals surface area contributed by atoms with Crippen LogP contribution < -0.4 is 9.64 Å². The third-order valence-corrected chi connectivity index (χ3v) is 5.85. The number of carbonyl (C=O) groups is 1. The van der Waals surface area contributed by atoms with Crippen LogP contribution in [0.5, 0.6) is 5.75 Å². The van der Waals surface area contributed by atoms with Gasteiger partial charge in [-0.1, -0.05) is 55.5 Å². The van der Waals surface area contributed by atoms with Crippen molar-refractivity contribution in [2.75, 3.05) is 11.5 Å². The molecule has 1 heterocycles. The van der Waals surface area contributed by atoms with E-state index in [0.717, 1.165) is 39.2 Å². The minimum atomic E-state index is -0.0342. The van der Waals surface area contributed by atoms with Crippen molar-refractivity contribution in [3.63, 3.8) is 0 Å². The number of amides is 1. The highest BCUT2D eigenvalue weighted by Crippen LogP contribution is 2.36. The van der Waals surface area contributed by atoms with E-state index in [9.17, 15) is 4.79 Å². The third kappa shape index (κ3) is 4.49. The number of hydrogen-bond acceptors (Lipinski definition) is 2. The van der Waals surface area contributed by atoms with Crippen LogP contribution in [0.15, 0.2) is 88.9 Å². The van der Waals surface area contributed by atoms with Crippen molar-refractivity contribution < 1.29 is 9.53 Å². The first-order valence-electron chi connectivity index (χ1n) is 10.4. The van der Waals surface area contributed by atoms with Crippen LogP contribution in [-0.2, 0) is 11.2 Å².